The average molecular weight is 316 g/mol. The molecule has 2 aromatic rings. The number of imidazole rings is 1. The number of aryl methyl sites for hydroxylation is 1. The Labute approximate surface area is 134 Å². The van der Waals surface area contributed by atoms with Gasteiger partial charge in [0.05, 0.1) is 11.2 Å². The molecular formula is C17H21FN4O. The van der Waals surface area contributed by atoms with Gasteiger partial charge < -0.3 is 10.6 Å². The van der Waals surface area contributed by atoms with Crippen LogP contribution in [0.2, 0.25) is 0 Å². The van der Waals surface area contributed by atoms with E-state index in [2.05, 4.69) is 15.6 Å². The molecule has 2 N–H and O–H groups in total. The van der Waals surface area contributed by atoms with Crippen molar-refractivity contribution < 1.29 is 9.18 Å². The van der Waals surface area contributed by atoms with Crippen LogP contribution in [0, 0.1) is 30.5 Å². The fraction of sp³-hybridized carbons (Fsp3) is 0.529. The highest BCUT2D eigenvalue weighted by Gasteiger charge is 2.57. The van der Waals surface area contributed by atoms with Gasteiger partial charge in [-0.2, -0.15) is 0 Å². The molecule has 1 aliphatic carbocycles. The molecule has 1 aliphatic heterocycles. The van der Waals surface area contributed by atoms with Gasteiger partial charge in [-0.15, -0.1) is 0 Å². The van der Waals surface area contributed by atoms with Crippen LogP contribution in [0.3, 0.4) is 0 Å². The average Bonchev–Trinajstić information content (AvgIpc) is 2.81. The Bertz CT molecular complexity index is 787. The van der Waals surface area contributed by atoms with E-state index in [1.165, 1.54) is 6.07 Å². The van der Waals surface area contributed by atoms with Crippen LogP contribution in [-0.4, -0.2) is 28.4 Å². The fourth-order valence-electron chi connectivity index (χ4n) is 3.97. The van der Waals surface area contributed by atoms with Crippen LogP contribution in [0.5, 0.6) is 0 Å². The Hall–Kier alpha value is -1.95. The van der Waals surface area contributed by atoms with E-state index in [0.29, 0.717) is 28.9 Å². The number of hydrogen-bond acceptors (Lipinski definition) is 3. The zero-order valence-electron chi connectivity index (χ0n) is 13.6. The van der Waals surface area contributed by atoms with E-state index in [9.17, 15) is 9.18 Å². The predicted molar refractivity (Wildman–Crippen MR) is 84.4 cm³/mol. The van der Waals surface area contributed by atoms with E-state index in [0.717, 1.165) is 13.1 Å². The number of pyridine rings is 1. The molecule has 2 fully saturated rings. The topological polar surface area (TPSA) is 58.4 Å². The number of fused-ring (bicyclic) bond motifs is 2. The Morgan fingerprint density at radius 3 is 2.83 bits per heavy atom. The van der Waals surface area contributed by atoms with Crippen molar-refractivity contribution in [2.24, 2.45) is 17.8 Å². The Morgan fingerprint density at radius 1 is 1.43 bits per heavy atom. The zero-order chi connectivity index (χ0) is 16.4. The molecule has 2 aromatic heterocycles. The van der Waals surface area contributed by atoms with Crippen molar-refractivity contribution in [3.8, 4) is 0 Å². The minimum absolute atomic E-state index is 0.0808. The molecule has 1 amide bonds. The summed E-state index contributed by atoms with van der Waals surface area (Å²) in [5.74, 6) is 1.50. The molecule has 1 saturated heterocycles. The fourth-order valence-corrected chi connectivity index (χ4v) is 3.97. The Balaban J connectivity index is 1.64. The molecule has 0 bridgehead atoms. The number of hydrogen-bond donors (Lipinski definition) is 2. The maximum atomic E-state index is 14.1. The van der Waals surface area contributed by atoms with Crippen LogP contribution in [0.4, 0.5) is 4.39 Å². The molecule has 3 heterocycles. The number of nitrogens with zero attached hydrogens (tertiary/aromatic N) is 2. The van der Waals surface area contributed by atoms with E-state index in [1.807, 2.05) is 13.8 Å². The first-order valence-corrected chi connectivity index (χ1v) is 8.06. The molecule has 0 unspecified atom stereocenters. The quantitative estimate of drug-likeness (QED) is 0.904. The standard InChI is InChI=1S/C17H21FN4O/c1-9-14-12(18)5-4-6-22(14)16(20-9)17(2,3)21-15(23)13-10-7-19-8-11(10)13/h4-6,10-11,13,19H,7-8H2,1-3H3,(H,21,23)/t10-,11+,13+. The van der Waals surface area contributed by atoms with Gasteiger partial charge in [0.2, 0.25) is 5.91 Å². The molecule has 1 saturated carbocycles. The van der Waals surface area contributed by atoms with Crippen LogP contribution < -0.4 is 10.6 Å². The number of nitrogens with one attached hydrogen (secondary N) is 2. The molecule has 0 aromatic carbocycles. The van der Waals surface area contributed by atoms with Crippen molar-refractivity contribution in [3.63, 3.8) is 0 Å². The van der Waals surface area contributed by atoms with Crippen LogP contribution in [0.1, 0.15) is 25.4 Å². The minimum atomic E-state index is -0.660. The van der Waals surface area contributed by atoms with Crippen molar-refractivity contribution in [2.45, 2.75) is 26.3 Å². The molecule has 6 heteroatoms. The van der Waals surface area contributed by atoms with E-state index in [4.69, 9.17) is 0 Å². The maximum Gasteiger partial charge on any atom is 0.224 e. The van der Waals surface area contributed by atoms with Crippen molar-refractivity contribution in [1.29, 1.82) is 0 Å². The lowest BCUT2D eigenvalue weighted by Crippen LogP contribution is -2.44. The molecule has 4 rings (SSSR count). The first-order chi connectivity index (χ1) is 10.9. The smallest absolute Gasteiger partial charge is 0.224 e. The van der Waals surface area contributed by atoms with Gasteiger partial charge in [-0.25, -0.2) is 9.37 Å². The lowest BCUT2D eigenvalue weighted by Gasteiger charge is -2.25. The highest BCUT2D eigenvalue weighted by atomic mass is 19.1. The largest absolute Gasteiger partial charge is 0.344 e. The summed E-state index contributed by atoms with van der Waals surface area (Å²) in [6.07, 6.45) is 1.79. The summed E-state index contributed by atoms with van der Waals surface area (Å²) in [7, 11) is 0. The van der Waals surface area contributed by atoms with Crippen LogP contribution in [-0.2, 0) is 10.3 Å². The summed E-state index contributed by atoms with van der Waals surface area (Å²) in [5.41, 5.74) is 0.442. The third-order valence-electron chi connectivity index (χ3n) is 5.18. The van der Waals surface area contributed by atoms with E-state index in [1.54, 1.807) is 23.6 Å². The summed E-state index contributed by atoms with van der Waals surface area (Å²) >= 11 is 0. The van der Waals surface area contributed by atoms with Crippen molar-refractivity contribution in [3.05, 3.63) is 35.7 Å². The first kappa shape index (κ1) is 14.6. The summed E-state index contributed by atoms with van der Waals surface area (Å²) in [6, 6.07) is 3.08. The molecule has 5 nitrogen and oxygen atoms in total. The molecule has 0 radical (unpaired) electrons. The second-order valence-electron chi connectivity index (χ2n) is 7.22. The van der Waals surface area contributed by atoms with E-state index >= 15 is 0 Å². The summed E-state index contributed by atoms with van der Waals surface area (Å²) < 4.78 is 15.8. The number of amides is 1. The number of halogens is 1. The van der Waals surface area contributed by atoms with Gasteiger partial charge in [-0.05, 0) is 57.8 Å². The minimum Gasteiger partial charge on any atom is -0.344 e. The number of rotatable bonds is 3. The number of aromatic nitrogens is 2. The number of carbonyl (C=O) groups excluding carboxylic acids is 1. The van der Waals surface area contributed by atoms with Crippen LogP contribution >= 0.6 is 0 Å². The van der Waals surface area contributed by atoms with Gasteiger partial charge in [-0.3, -0.25) is 9.20 Å². The Kier molecular flexibility index (Phi) is 3.04. The SMILES string of the molecule is Cc1nc(C(C)(C)NC(=O)[C@H]2[C@@H]3CNC[C@@H]32)n2cccc(F)c12. The van der Waals surface area contributed by atoms with Gasteiger partial charge in [0.25, 0.3) is 0 Å². The number of carbonyl (C=O) groups is 1. The predicted octanol–water partition coefficient (Wildman–Crippen LogP) is 1.60. The van der Waals surface area contributed by atoms with Crippen molar-refractivity contribution in [1.82, 2.24) is 20.0 Å². The molecular weight excluding hydrogens is 295 g/mol. The number of piperidine rings is 1. The highest BCUT2D eigenvalue weighted by molar-refractivity contribution is 5.83. The second kappa shape index (κ2) is 4.77. The lowest BCUT2D eigenvalue weighted by atomic mass is 10.0. The van der Waals surface area contributed by atoms with Gasteiger partial charge in [0.1, 0.15) is 17.2 Å². The van der Waals surface area contributed by atoms with Crippen LogP contribution in [0.15, 0.2) is 18.3 Å². The Morgan fingerprint density at radius 2 is 2.13 bits per heavy atom. The van der Waals surface area contributed by atoms with Gasteiger partial charge in [0, 0.05) is 12.1 Å². The molecule has 2 aliphatic rings. The normalized spacial score (nSPS) is 26.3. The maximum absolute atomic E-state index is 14.1. The summed E-state index contributed by atoms with van der Waals surface area (Å²) in [4.78, 5) is 17.1. The second-order valence-corrected chi connectivity index (χ2v) is 7.22. The zero-order valence-corrected chi connectivity index (χ0v) is 13.6. The van der Waals surface area contributed by atoms with Crippen molar-refractivity contribution in [2.75, 3.05) is 13.1 Å². The third-order valence-corrected chi connectivity index (χ3v) is 5.18. The molecule has 122 valence electrons. The lowest BCUT2D eigenvalue weighted by molar-refractivity contribution is -0.124. The van der Waals surface area contributed by atoms with Gasteiger partial charge in [0.15, 0.2) is 0 Å². The highest BCUT2D eigenvalue weighted by Crippen LogP contribution is 2.49. The van der Waals surface area contributed by atoms with Crippen molar-refractivity contribution >= 4 is 11.4 Å². The molecule has 23 heavy (non-hydrogen) atoms. The van der Waals surface area contributed by atoms with E-state index < -0.39 is 5.54 Å². The third kappa shape index (κ3) is 2.16. The first-order valence-electron chi connectivity index (χ1n) is 8.06. The summed E-state index contributed by atoms with van der Waals surface area (Å²) in [6.45, 7) is 7.48. The van der Waals surface area contributed by atoms with Crippen LogP contribution in [0.25, 0.3) is 5.52 Å². The summed E-state index contributed by atoms with van der Waals surface area (Å²) in [5, 5.41) is 6.41. The monoisotopic (exact) mass is 316 g/mol. The molecule has 0 spiro atoms. The van der Waals surface area contributed by atoms with E-state index in [-0.39, 0.29) is 17.6 Å². The van der Waals surface area contributed by atoms with Gasteiger partial charge >= 0.3 is 0 Å². The van der Waals surface area contributed by atoms with Gasteiger partial charge in [-0.1, -0.05) is 0 Å². The molecule has 3 atom stereocenters.